The average Bonchev–Trinajstić information content (AvgIpc) is 3.27. The molecule has 3 rings (SSSR count). The number of anilines is 1. The van der Waals surface area contributed by atoms with Gasteiger partial charge in [0.15, 0.2) is 0 Å². The van der Waals surface area contributed by atoms with E-state index in [-0.39, 0.29) is 48.7 Å². The van der Waals surface area contributed by atoms with E-state index in [0.29, 0.717) is 5.56 Å². The maximum Gasteiger partial charge on any atom is 0.322 e. The molecular weight excluding hydrogens is 455 g/mol. The van der Waals surface area contributed by atoms with Crippen LogP contribution in [-0.4, -0.2) is 69.4 Å². The predicted octanol–water partition coefficient (Wildman–Crippen LogP) is 2.41. The molecule has 0 saturated carbocycles. The van der Waals surface area contributed by atoms with Gasteiger partial charge in [0.2, 0.25) is 15.9 Å². The fourth-order valence-electron chi connectivity index (χ4n) is 2.85. The number of nitrogens with zero attached hydrogens (tertiary/aromatic N) is 3. The summed E-state index contributed by atoms with van der Waals surface area (Å²) >= 11 is 0. The largest absolute Gasteiger partial charge is 0.403 e. The maximum absolute atomic E-state index is 13.4. The molecule has 3 aromatic rings. The van der Waals surface area contributed by atoms with Crippen LogP contribution in [0.3, 0.4) is 0 Å². The van der Waals surface area contributed by atoms with Gasteiger partial charge in [-0.15, -0.1) is 5.10 Å². The van der Waals surface area contributed by atoms with Crippen molar-refractivity contribution in [2.45, 2.75) is 4.90 Å². The molecule has 0 aliphatic carbocycles. The summed E-state index contributed by atoms with van der Waals surface area (Å²) in [5.41, 5.74) is 0.545. The SMILES string of the molecule is COCCN(CCOC)S(=O)(=O)c1ccc(C(=O)Nc2nnc(-c3cccc(F)c3)o2)cc1. The highest BCUT2D eigenvalue weighted by Gasteiger charge is 2.24. The molecule has 0 unspecified atom stereocenters. The van der Waals surface area contributed by atoms with Crippen LogP contribution in [0.4, 0.5) is 10.4 Å². The van der Waals surface area contributed by atoms with Crippen LogP contribution in [0.5, 0.6) is 0 Å². The molecule has 12 heteroatoms. The smallest absolute Gasteiger partial charge is 0.322 e. The molecule has 0 fully saturated rings. The van der Waals surface area contributed by atoms with Gasteiger partial charge < -0.3 is 13.9 Å². The van der Waals surface area contributed by atoms with Crippen LogP contribution in [0.2, 0.25) is 0 Å². The molecule has 10 nitrogen and oxygen atoms in total. The standard InChI is InChI=1S/C21H23FN4O6S/c1-30-12-10-26(11-13-31-2)33(28,29)18-8-6-15(7-9-18)19(27)23-21-25-24-20(32-21)16-4-3-5-17(22)14-16/h3-9,14H,10-13H2,1-2H3,(H,23,25,27). The molecule has 1 aromatic heterocycles. The van der Waals surface area contributed by atoms with Crippen molar-refractivity contribution in [3.05, 3.63) is 59.9 Å². The molecule has 0 spiro atoms. The Balaban J connectivity index is 1.71. The minimum atomic E-state index is -3.81. The molecule has 0 bridgehead atoms. The third-order valence-electron chi connectivity index (χ3n) is 4.56. The highest BCUT2D eigenvalue weighted by molar-refractivity contribution is 7.89. The Kier molecular flexibility index (Phi) is 8.22. The number of carbonyl (C=O) groups is 1. The second-order valence-electron chi connectivity index (χ2n) is 6.79. The first-order chi connectivity index (χ1) is 15.8. The second kappa shape index (κ2) is 11.1. The van der Waals surface area contributed by atoms with Crippen LogP contribution in [0.1, 0.15) is 10.4 Å². The lowest BCUT2D eigenvalue weighted by Crippen LogP contribution is -2.36. The summed E-state index contributed by atoms with van der Waals surface area (Å²) in [5.74, 6) is -1.00. The van der Waals surface area contributed by atoms with E-state index in [2.05, 4.69) is 15.5 Å². The molecule has 176 valence electrons. The van der Waals surface area contributed by atoms with Crippen molar-refractivity contribution in [3.63, 3.8) is 0 Å². The van der Waals surface area contributed by atoms with Gasteiger partial charge >= 0.3 is 6.01 Å². The van der Waals surface area contributed by atoms with Gasteiger partial charge in [0.25, 0.3) is 5.91 Å². The van der Waals surface area contributed by atoms with E-state index in [1.807, 2.05) is 0 Å². The summed E-state index contributed by atoms with van der Waals surface area (Å²) in [6, 6.07) is 10.8. The number of hydrogen-bond acceptors (Lipinski definition) is 8. The molecule has 0 radical (unpaired) electrons. The second-order valence-corrected chi connectivity index (χ2v) is 8.73. The normalized spacial score (nSPS) is 11.6. The highest BCUT2D eigenvalue weighted by Crippen LogP contribution is 2.21. The summed E-state index contributed by atoms with van der Waals surface area (Å²) in [4.78, 5) is 12.5. The van der Waals surface area contributed by atoms with Crippen molar-refractivity contribution in [1.82, 2.24) is 14.5 Å². The number of amides is 1. The van der Waals surface area contributed by atoms with Crippen molar-refractivity contribution in [3.8, 4) is 11.5 Å². The van der Waals surface area contributed by atoms with Gasteiger partial charge in [-0.05, 0) is 42.5 Å². The minimum Gasteiger partial charge on any atom is -0.403 e. The summed E-state index contributed by atoms with van der Waals surface area (Å²) in [7, 11) is -0.837. The van der Waals surface area contributed by atoms with Crippen molar-refractivity contribution in [1.29, 1.82) is 0 Å². The Labute approximate surface area is 190 Å². The van der Waals surface area contributed by atoms with E-state index in [4.69, 9.17) is 13.9 Å². The van der Waals surface area contributed by atoms with Gasteiger partial charge in [0.1, 0.15) is 5.82 Å². The third-order valence-corrected chi connectivity index (χ3v) is 6.47. The maximum atomic E-state index is 13.4. The van der Waals surface area contributed by atoms with Crippen LogP contribution in [0, 0.1) is 5.82 Å². The molecule has 1 amide bonds. The fraction of sp³-hybridized carbons (Fsp3) is 0.286. The van der Waals surface area contributed by atoms with Gasteiger partial charge in [0, 0.05) is 38.4 Å². The number of benzene rings is 2. The Bertz CT molecular complexity index is 1180. The van der Waals surface area contributed by atoms with Crippen LogP contribution in [0.25, 0.3) is 11.5 Å². The zero-order valence-corrected chi connectivity index (χ0v) is 18.8. The first-order valence-corrected chi connectivity index (χ1v) is 11.3. The summed E-state index contributed by atoms with van der Waals surface area (Å²) in [5, 5.41) is 9.95. The molecule has 33 heavy (non-hydrogen) atoms. The van der Waals surface area contributed by atoms with E-state index in [1.165, 1.54) is 61.0 Å². The van der Waals surface area contributed by atoms with Crippen molar-refractivity contribution >= 4 is 21.9 Å². The Morgan fingerprint density at radius 3 is 2.33 bits per heavy atom. The van der Waals surface area contributed by atoms with E-state index in [1.54, 1.807) is 6.07 Å². The number of hydrogen-bond donors (Lipinski definition) is 1. The molecule has 2 aromatic carbocycles. The van der Waals surface area contributed by atoms with Crippen LogP contribution < -0.4 is 5.32 Å². The molecule has 1 heterocycles. The fourth-order valence-corrected chi connectivity index (χ4v) is 4.25. The molecule has 0 aliphatic rings. The topological polar surface area (TPSA) is 124 Å². The summed E-state index contributed by atoms with van der Waals surface area (Å²) in [6.07, 6.45) is 0. The quantitative estimate of drug-likeness (QED) is 0.446. The van der Waals surface area contributed by atoms with Crippen LogP contribution in [-0.2, 0) is 19.5 Å². The number of sulfonamides is 1. The van der Waals surface area contributed by atoms with E-state index >= 15 is 0 Å². The number of rotatable bonds is 11. The van der Waals surface area contributed by atoms with Crippen molar-refractivity contribution in [2.24, 2.45) is 0 Å². The average molecular weight is 479 g/mol. The number of halogens is 1. The molecular formula is C21H23FN4O6S. The van der Waals surface area contributed by atoms with Gasteiger partial charge in [-0.2, -0.15) is 4.31 Å². The number of ether oxygens (including phenoxy) is 2. The lowest BCUT2D eigenvalue weighted by molar-refractivity contribution is 0.102. The molecule has 1 N–H and O–H groups in total. The zero-order valence-electron chi connectivity index (χ0n) is 18.0. The van der Waals surface area contributed by atoms with Crippen LogP contribution >= 0.6 is 0 Å². The predicted molar refractivity (Wildman–Crippen MR) is 117 cm³/mol. The number of methoxy groups -OCH3 is 2. The molecule has 0 aliphatic heterocycles. The van der Waals surface area contributed by atoms with E-state index in [9.17, 15) is 17.6 Å². The monoisotopic (exact) mass is 478 g/mol. The highest BCUT2D eigenvalue weighted by atomic mass is 32.2. The van der Waals surface area contributed by atoms with Gasteiger partial charge in [-0.25, -0.2) is 12.8 Å². The van der Waals surface area contributed by atoms with Gasteiger partial charge in [-0.3, -0.25) is 10.1 Å². The zero-order chi connectivity index (χ0) is 23.8. The number of carbonyl (C=O) groups excluding carboxylic acids is 1. The first-order valence-electron chi connectivity index (χ1n) is 9.84. The third kappa shape index (κ3) is 6.20. The molecule has 0 saturated heterocycles. The summed E-state index contributed by atoms with van der Waals surface area (Å²) < 4.78 is 55.8. The van der Waals surface area contributed by atoms with Crippen LogP contribution in [0.15, 0.2) is 57.8 Å². The Morgan fingerprint density at radius 1 is 1.06 bits per heavy atom. The number of aromatic nitrogens is 2. The first kappa shape index (κ1) is 24.5. The Hall–Kier alpha value is -3.19. The van der Waals surface area contributed by atoms with E-state index in [0.717, 1.165) is 0 Å². The lowest BCUT2D eigenvalue weighted by atomic mass is 10.2. The van der Waals surface area contributed by atoms with Crippen molar-refractivity contribution in [2.75, 3.05) is 45.8 Å². The Morgan fingerprint density at radius 2 is 1.73 bits per heavy atom. The van der Waals surface area contributed by atoms with E-state index < -0.39 is 21.7 Å². The van der Waals surface area contributed by atoms with Gasteiger partial charge in [-0.1, -0.05) is 11.2 Å². The summed E-state index contributed by atoms with van der Waals surface area (Å²) in [6.45, 7) is 0.779. The number of nitrogens with one attached hydrogen (secondary N) is 1. The van der Waals surface area contributed by atoms with Gasteiger partial charge in [0.05, 0.1) is 18.1 Å². The minimum absolute atomic E-state index is 0.0254. The van der Waals surface area contributed by atoms with Crippen molar-refractivity contribution < 1.29 is 31.5 Å². The lowest BCUT2D eigenvalue weighted by Gasteiger charge is -2.21. The molecule has 0 atom stereocenters.